The Morgan fingerprint density at radius 3 is 2.61 bits per heavy atom. The van der Waals surface area contributed by atoms with Crippen LogP contribution in [0.3, 0.4) is 0 Å². The molecule has 0 aliphatic carbocycles. The first-order valence-electron chi connectivity index (χ1n) is 8.31. The summed E-state index contributed by atoms with van der Waals surface area (Å²) in [6.45, 7) is 7.12. The van der Waals surface area contributed by atoms with Crippen LogP contribution in [0, 0.1) is 5.92 Å². The average molecular weight is 312 g/mol. The molecule has 0 radical (unpaired) electrons. The first-order chi connectivity index (χ1) is 11.2. The molecule has 0 spiro atoms. The molecule has 0 atom stereocenters. The predicted octanol–water partition coefficient (Wildman–Crippen LogP) is 3.86. The zero-order valence-corrected chi connectivity index (χ0v) is 13.8. The molecule has 1 N–H and O–H groups in total. The van der Waals surface area contributed by atoms with E-state index in [4.69, 9.17) is 4.74 Å². The lowest BCUT2D eigenvalue weighted by atomic mass is 9.99. The van der Waals surface area contributed by atoms with Crippen molar-refractivity contribution in [2.75, 3.05) is 29.9 Å². The molecule has 23 heavy (non-hydrogen) atoms. The van der Waals surface area contributed by atoms with E-state index >= 15 is 0 Å². The second-order valence-corrected chi connectivity index (χ2v) is 6.01. The van der Waals surface area contributed by atoms with Crippen molar-refractivity contribution >= 4 is 17.3 Å². The van der Waals surface area contributed by atoms with E-state index in [-0.39, 0.29) is 0 Å². The third-order valence-corrected chi connectivity index (χ3v) is 4.20. The first kappa shape index (κ1) is 15.6. The van der Waals surface area contributed by atoms with Gasteiger partial charge >= 0.3 is 0 Å². The summed E-state index contributed by atoms with van der Waals surface area (Å²) in [5.41, 5.74) is 0.991. The summed E-state index contributed by atoms with van der Waals surface area (Å²) in [5, 5.41) is 3.33. The number of piperidine rings is 1. The van der Waals surface area contributed by atoms with Gasteiger partial charge in [0.25, 0.3) is 0 Å². The molecule has 3 rings (SSSR count). The van der Waals surface area contributed by atoms with Gasteiger partial charge in [0.15, 0.2) is 0 Å². The lowest BCUT2D eigenvalue weighted by Gasteiger charge is -2.31. The maximum absolute atomic E-state index is 5.46. The van der Waals surface area contributed by atoms with Crippen molar-refractivity contribution in [3.8, 4) is 5.75 Å². The number of nitrogens with one attached hydrogen (secondary N) is 1. The normalized spacial score (nSPS) is 15.5. The fraction of sp³-hybridized carbons (Fsp3) is 0.444. The number of anilines is 3. The Morgan fingerprint density at radius 2 is 1.91 bits per heavy atom. The summed E-state index contributed by atoms with van der Waals surface area (Å²) in [4.78, 5) is 11.1. The van der Waals surface area contributed by atoms with Crippen LogP contribution >= 0.6 is 0 Å². The second-order valence-electron chi connectivity index (χ2n) is 6.01. The molecule has 1 aliphatic heterocycles. The number of hydrogen-bond donors (Lipinski definition) is 1. The number of nitrogens with zero attached hydrogens (tertiary/aromatic N) is 3. The molecule has 1 aliphatic rings. The maximum Gasteiger partial charge on any atom is 0.135 e. The van der Waals surface area contributed by atoms with Crippen LogP contribution in [0.15, 0.2) is 36.7 Å². The third-order valence-electron chi connectivity index (χ3n) is 4.20. The van der Waals surface area contributed by atoms with Gasteiger partial charge in [0.2, 0.25) is 0 Å². The highest BCUT2D eigenvalue weighted by atomic mass is 16.5. The van der Waals surface area contributed by atoms with E-state index in [0.717, 1.165) is 42.1 Å². The van der Waals surface area contributed by atoms with E-state index in [9.17, 15) is 0 Å². The van der Waals surface area contributed by atoms with Gasteiger partial charge < -0.3 is 15.0 Å². The Balaban J connectivity index is 1.67. The molecule has 5 nitrogen and oxygen atoms in total. The molecule has 2 aromatic rings. The van der Waals surface area contributed by atoms with Crippen molar-refractivity contribution < 1.29 is 4.74 Å². The molecule has 1 aromatic heterocycles. The highest BCUT2D eigenvalue weighted by molar-refractivity contribution is 5.60. The fourth-order valence-electron chi connectivity index (χ4n) is 2.78. The Bertz CT molecular complexity index is 621. The summed E-state index contributed by atoms with van der Waals surface area (Å²) in [5.74, 6) is 3.51. The quantitative estimate of drug-likeness (QED) is 0.908. The van der Waals surface area contributed by atoms with Crippen LogP contribution < -0.4 is 15.0 Å². The maximum atomic E-state index is 5.46. The van der Waals surface area contributed by atoms with E-state index < -0.39 is 0 Å². The average Bonchev–Trinajstić information content (AvgIpc) is 2.58. The van der Waals surface area contributed by atoms with E-state index in [1.165, 1.54) is 12.8 Å². The van der Waals surface area contributed by atoms with Gasteiger partial charge in [0.05, 0.1) is 6.61 Å². The van der Waals surface area contributed by atoms with Gasteiger partial charge in [0, 0.05) is 24.8 Å². The number of ether oxygens (including phenoxy) is 1. The van der Waals surface area contributed by atoms with Gasteiger partial charge in [-0.15, -0.1) is 0 Å². The zero-order chi connectivity index (χ0) is 16.1. The lowest BCUT2D eigenvalue weighted by molar-refractivity contribution is 0.340. The number of rotatable bonds is 5. The molecule has 1 saturated heterocycles. The fourth-order valence-corrected chi connectivity index (χ4v) is 2.78. The van der Waals surface area contributed by atoms with Crippen molar-refractivity contribution in [3.05, 3.63) is 36.7 Å². The van der Waals surface area contributed by atoms with Gasteiger partial charge in [-0.1, -0.05) is 6.92 Å². The molecule has 5 heteroatoms. The second kappa shape index (κ2) is 7.31. The van der Waals surface area contributed by atoms with Crippen molar-refractivity contribution in [1.29, 1.82) is 0 Å². The summed E-state index contributed by atoms with van der Waals surface area (Å²) in [6, 6.07) is 9.93. The molecule has 1 fully saturated rings. The molecular weight excluding hydrogens is 288 g/mol. The number of hydrogen-bond acceptors (Lipinski definition) is 5. The minimum absolute atomic E-state index is 0.677. The number of benzene rings is 1. The Morgan fingerprint density at radius 1 is 1.17 bits per heavy atom. The van der Waals surface area contributed by atoms with Gasteiger partial charge in [-0.2, -0.15) is 0 Å². The molecule has 0 amide bonds. The molecular formula is C18H24N4O. The third kappa shape index (κ3) is 4.12. The van der Waals surface area contributed by atoms with Gasteiger partial charge in [-0.05, 0) is 49.9 Å². The van der Waals surface area contributed by atoms with Crippen LogP contribution in [0.2, 0.25) is 0 Å². The lowest BCUT2D eigenvalue weighted by Crippen LogP contribution is -2.33. The van der Waals surface area contributed by atoms with E-state index in [2.05, 4.69) is 27.1 Å². The van der Waals surface area contributed by atoms with Crippen molar-refractivity contribution in [2.24, 2.45) is 5.92 Å². The summed E-state index contributed by atoms with van der Waals surface area (Å²) >= 11 is 0. The zero-order valence-electron chi connectivity index (χ0n) is 13.8. The predicted molar refractivity (Wildman–Crippen MR) is 93.5 cm³/mol. The van der Waals surface area contributed by atoms with Crippen LogP contribution in [-0.4, -0.2) is 29.7 Å². The largest absolute Gasteiger partial charge is 0.494 e. The van der Waals surface area contributed by atoms with Crippen LogP contribution in [0.4, 0.5) is 17.3 Å². The van der Waals surface area contributed by atoms with Crippen molar-refractivity contribution in [3.63, 3.8) is 0 Å². The minimum Gasteiger partial charge on any atom is -0.494 e. The summed E-state index contributed by atoms with van der Waals surface area (Å²) in [6.07, 6.45) is 4.08. The van der Waals surface area contributed by atoms with E-state index in [1.807, 2.05) is 37.3 Å². The van der Waals surface area contributed by atoms with Crippen molar-refractivity contribution in [2.45, 2.75) is 26.7 Å². The van der Waals surface area contributed by atoms with E-state index in [0.29, 0.717) is 6.61 Å². The highest BCUT2D eigenvalue weighted by Gasteiger charge is 2.17. The first-order valence-corrected chi connectivity index (χ1v) is 8.31. The van der Waals surface area contributed by atoms with Crippen LogP contribution in [0.25, 0.3) is 0 Å². The molecule has 0 unspecified atom stereocenters. The summed E-state index contributed by atoms with van der Waals surface area (Å²) < 4.78 is 5.46. The SMILES string of the molecule is CCOc1ccc(Nc2cc(N3CCC(C)CC3)ncn2)cc1. The van der Waals surface area contributed by atoms with Gasteiger partial charge in [-0.25, -0.2) is 9.97 Å². The molecule has 1 aromatic carbocycles. The number of aromatic nitrogens is 2. The molecule has 0 bridgehead atoms. The van der Waals surface area contributed by atoms with Gasteiger partial charge in [0.1, 0.15) is 23.7 Å². The summed E-state index contributed by atoms with van der Waals surface area (Å²) in [7, 11) is 0. The Hall–Kier alpha value is -2.30. The molecule has 2 heterocycles. The van der Waals surface area contributed by atoms with Gasteiger partial charge in [-0.3, -0.25) is 0 Å². The topological polar surface area (TPSA) is 50.3 Å². The smallest absolute Gasteiger partial charge is 0.135 e. The van der Waals surface area contributed by atoms with Crippen LogP contribution in [0.5, 0.6) is 5.75 Å². The molecule has 122 valence electrons. The Labute approximate surface area is 137 Å². The van der Waals surface area contributed by atoms with Crippen LogP contribution in [0.1, 0.15) is 26.7 Å². The van der Waals surface area contributed by atoms with Crippen molar-refractivity contribution in [1.82, 2.24) is 9.97 Å². The standard InChI is InChI=1S/C18H24N4O/c1-3-23-16-6-4-15(5-7-16)21-17-12-18(20-13-19-17)22-10-8-14(2)9-11-22/h4-7,12-14H,3,8-11H2,1-2H3,(H,19,20,21). The Kier molecular flexibility index (Phi) is 4.95. The molecule has 0 saturated carbocycles. The van der Waals surface area contributed by atoms with Crippen LogP contribution in [-0.2, 0) is 0 Å². The monoisotopic (exact) mass is 312 g/mol. The van der Waals surface area contributed by atoms with E-state index in [1.54, 1.807) is 6.33 Å². The minimum atomic E-state index is 0.677. The highest BCUT2D eigenvalue weighted by Crippen LogP contribution is 2.24.